The average molecular weight is 298 g/mol. The lowest BCUT2D eigenvalue weighted by Crippen LogP contribution is -2.41. The zero-order valence-electron chi connectivity index (χ0n) is 13.7. The predicted molar refractivity (Wildman–Crippen MR) is 88.4 cm³/mol. The summed E-state index contributed by atoms with van der Waals surface area (Å²) in [4.78, 5) is 12.0. The molecule has 5 nitrogen and oxygen atoms in total. The molecule has 0 fully saturated rings. The number of hydrogen-bond acceptors (Lipinski definition) is 4. The van der Waals surface area contributed by atoms with Crippen LogP contribution in [0.1, 0.15) is 42.4 Å². The Hall–Kier alpha value is -2.43. The van der Waals surface area contributed by atoms with E-state index >= 15 is 0 Å². The summed E-state index contributed by atoms with van der Waals surface area (Å²) in [7, 11) is 0. The fraction of sp³-hybridized carbons (Fsp3) is 0.353. The maximum absolute atomic E-state index is 12.0. The molecule has 0 radical (unpaired) electrons. The molecule has 0 saturated carbocycles. The molecule has 0 spiro atoms. The van der Waals surface area contributed by atoms with Gasteiger partial charge in [0.05, 0.1) is 0 Å². The Labute approximate surface area is 131 Å². The van der Waals surface area contributed by atoms with Crippen molar-refractivity contribution < 1.29 is 4.79 Å². The molecule has 0 aliphatic carbocycles. The molecule has 5 heteroatoms. The van der Waals surface area contributed by atoms with Gasteiger partial charge in [0.25, 0.3) is 5.91 Å². The Balaban J connectivity index is 2.10. The summed E-state index contributed by atoms with van der Waals surface area (Å²) in [5.41, 5.74) is 3.34. The highest BCUT2D eigenvalue weighted by molar-refractivity contribution is 5.92. The summed E-state index contributed by atoms with van der Waals surface area (Å²) < 4.78 is 0. The van der Waals surface area contributed by atoms with E-state index < -0.39 is 0 Å². The summed E-state index contributed by atoms with van der Waals surface area (Å²) in [6.45, 7) is 9.87. The molecule has 1 aromatic carbocycles. The zero-order valence-corrected chi connectivity index (χ0v) is 13.7. The first-order valence-electron chi connectivity index (χ1n) is 7.25. The van der Waals surface area contributed by atoms with Crippen molar-refractivity contribution in [3.63, 3.8) is 0 Å². The van der Waals surface area contributed by atoms with Crippen LogP contribution in [-0.2, 0) is 0 Å². The van der Waals surface area contributed by atoms with E-state index in [-0.39, 0.29) is 11.4 Å². The maximum atomic E-state index is 12.0. The van der Waals surface area contributed by atoms with Crippen LogP contribution in [0, 0.1) is 13.8 Å². The summed E-state index contributed by atoms with van der Waals surface area (Å²) in [5, 5.41) is 14.1. The van der Waals surface area contributed by atoms with Crippen molar-refractivity contribution in [3.05, 3.63) is 47.2 Å². The molecule has 2 aromatic rings. The number of amides is 1. The fourth-order valence-electron chi connectivity index (χ4n) is 2.02. The number of nitrogens with one attached hydrogen (secondary N) is 2. The van der Waals surface area contributed by atoms with Crippen LogP contribution in [-0.4, -0.2) is 21.6 Å². The second kappa shape index (κ2) is 6.13. The van der Waals surface area contributed by atoms with E-state index in [4.69, 9.17) is 0 Å². The number of aromatic nitrogens is 2. The van der Waals surface area contributed by atoms with E-state index in [2.05, 4.69) is 33.8 Å². The third kappa shape index (κ3) is 4.28. The summed E-state index contributed by atoms with van der Waals surface area (Å²) in [5.74, 6) is 0.386. The van der Waals surface area contributed by atoms with Crippen LogP contribution < -0.4 is 10.6 Å². The zero-order chi connectivity index (χ0) is 16.3. The predicted octanol–water partition coefficient (Wildman–Crippen LogP) is 3.37. The molecule has 1 aromatic heterocycles. The van der Waals surface area contributed by atoms with Gasteiger partial charge in [-0.05, 0) is 58.4 Å². The number of anilines is 2. The highest BCUT2D eigenvalue weighted by atomic mass is 16.2. The normalized spacial score (nSPS) is 11.1. The van der Waals surface area contributed by atoms with Crippen molar-refractivity contribution >= 4 is 17.4 Å². The van der Waals surface area contributed by atoms with Crippen LogP contribution in [0.5, 0.6) is 0 Å². The lowest BCUT2D eigenvalue weighted by molar-refractivity contribution is 0.0913. The van der Waals surface area contributed by atoms with Gasteiger partial charge < -0.3 is 10.6 Å². The molecule has 116 valence electrons. The number of carbonyl (C=O) groups excluding carboxylic acids is 1. The number of carbonyl (C=O) groups is 1. The van der Waals surface area contributed by atoms with Crippen LogP contribution in [0.15, 0.2) is 30.3 Å². The molecule has 0 bridgehead atoms. The largest absolute Gasteiger partial charge is 0.346 e. The Morgan fingerprint density at radius 1 is 1.05 bits per heavy atom. The molecule has 1 heterocycles. The van der Waals surface area contributed by atoms with Gasteiger partial charge in [0.15, 0.2) is 11.5 Å². The van der Waals surface area contributed by atoms with Crippen molar-refractivity contribution in [2.24, 2.45) is 0 Å². The third-order valence-corrected chi connectivity index (χ3v) is 3.03. The van der Waals surface area contributed by atoms with Crippen LogP contribution in [0.4, 0.5) is 11.5 Å². The van der Waals surface area contributed by atoms with E-state index in [9.17, 15) is 4.79 Å². The van der Waals surface area contributed by atoms with Gasteiger partial charge in [0.2, 0.25) is 0 Å². The second-order valence-corrected chi connectivity index (χ2v) is 6.45. The van der Waals surface area contributed by atoms with Crippen LogP contribution in [0.25, 0.3) is 0 Å². The molecule has 0 aliphatic heterocycles. The van der Waals surface area contributed by atoms with E-state index in [1.807, 2.05) is 39.8 Å². The molecule has 22 heavy (non-hydrogen) atoms. The van der Waals surface area contributed by atoms with Crippen molar-refractivity contribution in [2.75, 3.05) is 5.32 Å². The molecular formula is C17H22N4O. The van der Waals surface area contributed by atoms with Crippen molar-refractivity contribution in [1.82, 2.24) is 15.5 Å². The molecule has 0 unspecified atom stereocenters. The van der Waals surface area contributed by atoms with Crippen LogP contribution >= 0.6 is 0 Å². The minimum atomic E-state index is -0.297. The monoisotopic (exact) mass is 298 g/mol. The van der Waals surface area contributed by atoms with Gasteiger partial charge in [-0.3, -0.25) is 4.79 Å². The number of nitrogens with zero attached hydrogens (tertiary/aromatic N) is 2. The van der Waals surface area contributed by atoms with Gasteiger partial charge in [0, 0.05) is 11.2 Å². The molecule has 2 rings (SSSR count). The summed E-state index contributed by atoms with van der Waals surface area (Å²) in [6, 6.07) is 9.56. The number of rotatable bonds is 3. The summed E-state index contributed by atoms with van der Waals surface area (Å²) in [6.07, 6.45) is 0. The van der Waals surface area contributed by atoms with E-state index in [1.54, 1.807) is 12.1 Å². The average Bonchev–Trinajstić information content (AvgIpc) is 2.41. The first-order chi connectivity index (χ1) is 10.2. The first kappa shape index (κ1) is 15.9. The quantitative estimate of drug-likeness (QED) is 0.911. The minimum Gasteiger partial charge on any atom is -0.346 e. The van der Waals surface area contributed by atoms with Crippen molar-refractivity contribution in [2.45, 2.75) is 40.2 Å². The molecule has 2 N–H and O–H groups in total. The Morgan fingerprint density at radius 2 is 1.77 bits per heavy atom. The standard InChI is InChI=1S/C17H22N4O/c1-11-6-7-13(12(2)10-11)18-15-9-8-14(20-21-15)16(22)19-17(3,4)5/h6-10H,1-5H3,(H,18,21)(H,19,22). The molecular weight excluding hydrogens is 276 g/mol. The van der Waals surface area contributed by atoms with Gasteiger partial charge in [-0.2, -0.15) is 0 Å². The van der Waals surface area contributed by atoms with Crippen LogP contribution in [0.2, 0.25) is 0 Å². The van der Waals surface area contributed by atoms with Crippen LogP contribution in [0.3, 0.4) is 0 Å². The van der Waals surface area contributed by atoms with E-state index in [0.29, 0.717) is 11.5 Å². The molecule has 1 amide bonds. The number of benzene rings is 1. The SMILES string of the molecule is Cc1ccc(Nc2ccc(C(=O)NC(C)(C)C)nn2)c(C)c1. The van der Waals surface area contributed by atoms with Gasteiger partial charge >= 0.3 is 0 Å². The highest BCUT2D eigenvalue weighted by Crippen LogP contribution is 2.19. The third-order valence-electron chi connectivity index (χ3n) is 3.03. The highest BCUT2D eigenvalue weighted by Gasteiger charge is 2.16. The van der Waals surface area contributed by atoms with Crippen molar-refractivity contribution in [1.29, 1.82) is 0 Å². The lowest BCUT2D eigenvalue weighted by atomic mass is 10.1. The second-order valence-electron chi connectivity index (χ2n) is 6.45. The van der Waals surface area contributed by atoms with E-state index in [0.717, 1.165) is 11.3 Å². The molecule has 0 aliphatic rings. The van der Waals surface area contributed by atoms with Crippen molar-refractivity contribution in [3.8, 4) is 0 Å². The first-order valence-corrected chi connectivity index (χ1v) is 7.25. The number of aryl methyl sites for hydroxylation is 2. The fourth-order valence-corrected chi connectivity index (χ4v) is 2.02. The van der Waals surface area contributed by atoms with Gasteiger partial charge in [-0.15, -0.1) is 10.2 Å². The Morgan fingerprint density at radius 3 is 2.32 bits per heavy atom. The topological polar surface area (TPSA) is 66.9 Å². The maximum Gasteiger partial charge on any atom is 0.272 e. The number of hydrogen-bond donors (Lipinski definition) is 2. The van der Waals surface area contributed by atoms with Gasteiger partial charge in [-0.25, -0.2) is 0 Å². The summed E-state index contributed by atoms with van der Waals surface area (Å²) >= 11 is 0. The minimum absolute atomic E-state index is 0.224. The molecule has 0 atom stereocenters. The van der Waals surface area contributed by atoms with Gasteiger partial charge in [-0.1, -0.05) is 17.7 Å². The van der Waals surface area contributed by atoms with Gasteiger partial charge in [0.1, 0.15) is 0 Å². The Bertz CT molecular complexity index is 672. The lowest BCUT2D eigenvalue weighted by Gasteiger charge is -2.19. The molecule has 0 saturated heterocycles. The Kier molecular flexibility index (Phi) is 4.45. The van der Waals surface area contributed by atoms with E-state index in [1.165, 1.54) is 5.56 Å². The smallest absolute Gasteiger partial charge is 0.272 e.